The molecule has 0 heterocycles. The van der Waals surface area contributed by atoms with Crippen molar-refractivity contribution in [3.63, 3.8) is 0 Å². The number of carbonyl (C=O) groups excluding carboxylic acids is 1. The van der Waals surface area contributed by atoms with E-state index in [1.165, 1.54) is 0 Å². The van der Waals surface area contributed by atoms with Crippen LogP contribution in [0.25, 0.3) is 0 Å². The number of aliphatic hydroxyl groups excluding tert-OH is 1. The van der Waals surface area contributed by atoms with Gasteiger partial charge in [-0.15, -0.1) is 0 Å². The molecule has 2 rings (SSSR count). The monoisotopic (exact) mass is 313 g/mol. The normalized spacial score (nSPS) is 10.4. The number of carbonyl (C=O) groups is 1. The molecule has 0 aliphatic heterocycles. The molecule has 0 aliphatic rings. The predicted molar refractivity (Wildman–Crippen MR) is 90.5 cm³/mol. The van der Waals surface area contributed by atoms with Gasteiger partial charge in [-0.3, -0.25) is 4.79 Å². The summed E-state index contributed by atoms with van der Waals surface area (Å²) in [7, 11) is 1.63. The molecule has 0 saturated carbocycles. The van der Waals surface area contributed by atoms with Crippen LogP contribution in [-0.2, 0) is 24.2 Å². The van der Waals surface area contributed by atoms with Crippen LogP contribution >= 0.6 is 0 Å². The maximum atomic E-state index is 12.0. The summed E-state index contributed by atoms with van der Waals surface area (Å²) in [6, 6.07) is 13.6. The molecule has 0 atom stereocenters. The highest BCUT2D eigenvalue weighted by molar-refractivity contribution is 5.78. The van der Waals surface area contributed by atoms with Gasteiger partial charge in [0.25, 0.3) is 0 Å². The Morgan fingerprint density at radius 2 is 1.74 bits per heavy atom. The van der Waals surface area contributed by atoms with Crippen LogP contribution in [0, 0.1) is 6.92 Å². The molecule has 0 unspecified atom stereocenters. The quantitative estimate of drug-likeness (QED) is 0.825. The molecule has 122 valence electrons. The predicted octanol–water partition coefficient (Wildman–Crippen LogP) is 2.40. The lowest BCUT2D eigenvalue weighted by Gasteiger charge is -2.09. The molecule has 0 fully saturated rings. The van der Waals surface area contributed by atoms with Gasteiger partial charge in [-0.1, -0.05) is 36.4 Å². The second-order valence-corrected chi connectivity index (χ2v) is 5.56. The average molecular weight is 313 g/mol. The van der Waals surface area contributed by atoms with Gasteiger partial charge in [0.1, 0.15) is 5.75 Å². The minimum atomic E-state index is 0.00267. The van der Waals surface area contributed by atoms with Gasteiger partial charge >= 0.3 is 0 Å². The number of amides is 1. The van der Waals surface area contributed by atoms with Gasteiger partial charge < -0.3 is 15.2 Å². The van der Waals surface area contributed by atoms with Crippen molar-refractivity contribution in [2.45, 2.75) is 26.4 Å². The minimum Gasteiger partial charge on any atom is -0.496 e. The number of rotatable bonds is 7. The zero-order chi connectivity index (χ0) is 16.7. The van der Waals surface area contributed by atoms with Gasteiger partial charge in [0.2, 0.25) is 5.91 Å². The van der Waals surface area contributed by atoms with E-state index in [2.05, 4.69) is 5.32 Å². The molecule has 2 aromatic carbocycles. The molecule has 0 spiro atoms. The van der Waals surface area contributed by atoms with E-state index in [0.717, 1.165) is 34.4 Å². The van der Waals surface area contributed by atoms with E-state index in [0.29, 0.717) is 13.0 Å². The van der Waals surface area contributed by atoms with Gasteiger partial charge in [-0.2, -0.15) is 0 Å². The first-order chi connectivity index (χ1) is 11.1. The summed E-state index contributed by atoms with van der Waals surface area (Å²) in [5, 5.41) is 11.9. The highest BCUT2D eigenvalue weighted by atomic mass is 16.5. The van der Waals surface area contributed by atoms with Gasteiger partial charge in [-0.05, 0) is 41.7 Å². The van der Waals surface area contributed by atoms with E-state index in [9.17, 15) is 4.79 Å². The van der Waals surface area contributed by atoms with Crippen molar-refractivity contribution >= 4 is 5.91 Å². The molecule has 2 N–H and O–H groups in total. The van der Waals surface area contributed by atoms with Gasteiger partial charge in [-0.25, -0.2) is 0 Å². The number of aliphatic hydroxyl groups is 1. The van der Waals surface area contributed by atoms with Crippen LogP contribution in [0.5, 0.6) is 5.75 Å². The molecule has 0 bridgehead atoms. The number of methoxy groups -OCH3 is 1. The first-order valence-electron chi connectivity index (χ1n) is 7.71. The number of aryl methyl sites for hydroxylation is 1. The van der Waals surface area contributed by atoms with Crippen LogP contribution in [-0.4, -0.2) is 24.7 Å². The Morgan fingerprint density at radius 3 is 2.39 bits per heavy atom. The summed E-state index contributed by atoms with van der Waals surface area (Å²) in [5.41, 5.74) is 4.03. The second kappa shape index (κ2) is 8.34. The van der Waals surface area contributed by atoms with Crippen molar-refractivity contribution < 1.29 is 14.6 Å². The SMILES string of the molecule is COc1cc(CC(=O)NCCc2ccc(CO)cc2)ccc1C. The second-order valence-electron chi connectivity index (χ2n) is 5.56. The van der Waals surface area contributed by atoms with E-state index in [1.807, 2.05) is 49.4 Å². The summed E-state index contributed by atoms with van der Waals surface area (Å²) >= 11 is 0. The first kappa shape index (κ1) is 17.0. The maximum absolute atomic E-state index is 12.0. The van der Waals surface area contributed by atoms with E-state index >= 15 is 0 Å². The van der Waals surface area contributed by atoms with Crippen LogP contribution in [0.2, 0.25) is 0 Å². The van der Waals surface area contributed by atoms with Crippen molar-refractivity contribution in [2.75, 3.05) is 13.7 Å². The van der Waals surface area contributed by atoms with Gasteiger partial charge in [0.15, 0.2) is 0 Å². The van der Waals surface area contributed by atoms with Crippen molar-refractivity contribution in [1.29, 1.82) is 0 Å². The van der Waals surface area contributed by atoms with Gasteiger partial charge in [0, 0.05) is 6.54 Å². The Labute approximate surface area is 137 Å². The molecular weight excluding hydrogens is 290 g/mol. The van der Waals surface area contributed by atoms with Crippen LogP contribution in [0.3, 0.4) is 0 Å². The zero-order valence-electron chi connectivity index (χ0n) is 13.6. The van der Waals surface area contributed by atoms with Crippen LogP contribution < -0.4 is 10.1 Å². The summed E-state index contributed by atoms with van der Waals surface area (Å²) in [5.74, 6) is 0.808. The minimum absolute atomic E-state index is 0.00267. The lowest BCUT2D eigenvalue weighted by Crippen LogP contribution is -2.27. The summed E-state index contributed by atoms with van der Waals surface area (Å²) < 4.78 is 5.28. The molecule has 0 aliphatic carbocycles. The summed E-state index contributed by atoms with van der Waals surface area (Å²) in [4.78, 5) is 12.0. The topological polar surface area (TPSA) is 58.6 Å². The Bertz CT molecular complexity index is 650. The molecule has 0 saturated heterocycles. The fourth-order valence-electron chi connectivity index (χ4n) is 2.38. The van der Waals surface area contributed by atoms with E-state index in [-0.39, 0.29) is 12.5 Å². The molecule has 2 aromatic rings. The van der Waals surface area contributed by atoms with Crippen LogP contribution in [0.1, 0.15) is 22.3 Å². The average Bonchev–Trinajstić information content (AvgIpc) is 2.57. The Hall–Kier alpha value is -2.33. The fraction of sp³-hybridized carbons (Fsp3) is 0.316. The third kappa shape index (κ3) is 5.11. The highest BCUT2D eigenvalue weighted by Gasteiger charge is 2.06. The maximum Gasteiger partial charge on any atom is 0.224 e. The van der Waals surface area contributed by atoms with Crippen molar-refractivity contribution in [3.05, 3.63) is 64.7 Å². The van der Waals surface area contributed by atoms with Gasteiger partial charge in [0.05, 0.1) is 20.1 Å². The molecule has 23 heavy (non-hydrogen) atoms. The Balaban J connectivity index is 1.80. The molecule has 1 amide bonds. The lowest BCUT2D eigenvalue weighted by atomic mass is 10.1. The zero-order valence-corrected chi connectivity index (χ0v) is 13.6. The fourth-order valence-corrected chi connectivity index (χ4v) is 2.38. The Kier molecular flexibility index (Phi) is 6.18. The molecular formula is C19H23NO3. The number of benzene rings is 2. The van der Waals surface area contributed by atoms with Crippen molar-refractivity contribution in [1.82, 2.24) is 5.32 Å². The van der Waals surface area contributed by atoms with E-state index < -0.39 is 0 Å². The molecule has 0 radical (unpaired) electrons. The highest BCUT2D eigenvalue weighted by Crippen LogP contribution is 2.19. The standard InChI is InChI=1S/C19H23NO3/c1-14-3-4-17(11-18(14)23-2)12-19(22)20-10-9-15-5-7-16(13-21)8-6-15/h3-8,11,21H,9-10,12-13H2,1-2H3,(H,20,22). The smallest absolute Gasteiger partial charge is 0.224 e. The van der Waals surface area contributed by atoms with Crippen LogP contribution in [0.15, 0.2) is 42.5 Å². The number of nitrogens with one attached hydrogen (secondary N) is 1. The summed E-state index contributed by atoms with van der Waals surface area (Å²) in [6.45, 7) is 2.63. The van der Waals surface area contributed by atoms with E-state index in [4.69, 9.17) is 9.84 Å². The lowest BCUT2D eigenvalue weighted by molar-refractivity contribution is -0.120. The van der Waals surface area contributed by atoms with Crippen molar-refractivity contribution in [3.8, 4) is 5.75 Å². The van der Waals surface area contributed by atoms with Crippen LogP contribution in [0.4, 0.5) is 0 Å². The third-order valence-corrected chi connectivity index (χ3v) is 3.78. The number of ether oxygens (including phenoxy) is 1. The van der Waals surface area contributed by atoms with Crippen molar-refractivity contribution in [2.24, 2.45) is 0 Å². The van der Waals surface area contributed by atoms with E-state index in [1.54, 1.807) is 7.11 Å². The third-order valence-electron chi connectivity index (χ3n) is 3.78. The number of hydrogen-bond donors (Lipinski definition) is 2. The molecule has 0 aromatic heterocycles. The number of hydrogen-bond acceptors (Lipinski definition) is 3. The Morgan fingerprint density at radius 1 is 1.09 bits per heavy atom. The largest absolute Gasteiger partial charge is 0.496 e. The molecule has 4 heteroatoms. The first-order valence-corrected chi connectivity index (χ1v) is 7.71. The summed E-state index contributed by atoms with van der Waals surface area (Å²) in [6.07, 6.45) is 1.12. The molecule has 4 nitrogen and oxygen atoms in total.